The smallest absolute Gasteiger partial charge is 0.0467 e. The Hall–Kier alpha value is -2.54. The van der Waals surface area contributed by atoms with Crippen LogP contribution in [-0.4, -0.2) is 0 Å². The molecule has 2 fully saturated rings. The quantitative estimate of drug-likeness (QED) is 0.493. The van der Waals surface area contributed by atoms with Gasteiger partial charge >= 0.3 is 0 Å². The molecular weight excluding hydrogens is 350 g/mol. The van der Waals surface area contributed by atoms with E-state index in [0.29, 0.717) is 0 Å². The van der Waals surface area contributed by atoms with Crippen molar-refractivity contribution >= 4 is 11.4 Å². The first kappa shape index (κ1) is 17.3. The van der Waals surface area contributed by atoms with Crippen LogP contribution in [0.5, 0.6) is 0 Å². The average Bonchev–Trinajstić information content (AvgIpc) is 3.43. The van der Waals surface area contributed by atoms with Gasteiger partial charge in [0.05, 0.1) is 0 Å². The Morgan fingerprint density at radius 1 is 0.793 bits per heavy atom. The van der Waals surface area contributed by atoms with Crippen molar-refractivity contribution in [2.75, 3.05) is 5.32 Å². The Morgan fingerprint density at radius 3 is 2.34 bits per heavy atom. The van der Waals surface area contributed by atoms with Gasteiger partial charge in [-0.1, -0.05) is 68.8 Å². The second-order valence-corrected chi connectivity index (χ2v) is 9.93. The molecule has 1 N–H and O–H groups in total. The predicted octanol–water partition coefficient (Wildman–Crippen LogP) is 7.64. The number of rotatable bonds is 3. The van der Waals surface area contributed by atoms with Gasteiger partial charge in [0.1, 0.15) is 0 Å². The zero-order valence-electron chi connectivity index (χ0n) is 17.4. The van der Waals surface area contributed by atoms with Crippen molar-refractivity contribution in [2.24, 2.45) is 11.8 Å². The molecule has 0 spiro atoms. The van der Waals surface area contributed by atoms with Gasteiger partial charge in [0.15, 0.2) is 0 Å². The van der Waals surface area contributed by atoms with Crippen molar-refractivity contribution in [1.29, 1.82) is 0 Å². The van der Waals surface area contributed by atoms with Crippen LogP contribution in [-0.2, 0) is 5.41 Å². The van der Waals surface area contributed by atoms with Crippen molar-refractivity contribution in [1.82, 2.24) is 0 Å². The summed E-state index contributed by atoms with van der Waals surface area (Å²) < 4.78 is 0. The van der Waals surface area contributed by atoms with Gasteiger partial charge in [0.2, 0.25) is 0 Å². The SMILES string of the molecule is CC1(C)c2ccccc2-c2c(Nc3ccc(C4CC5CCC4C5)cc3)cccc21. The summed E-state index contributed by atoms with van der Waals surface area (Å²) in [5.74, 6) is 2.74. The highest BCUT2D eigenvalue weighted by molar-refractivity contribution is 5.91. The van der Waals surface area contributed by atoms with Gasteiger partial charge in [-0.15, -0.1) is 0 Å². The monoisotopic (exact) mass is 379 g/mol. The van der Waals surface area contributed by atoms with Crippen molar-refractivity contribution in [2.45, 2.75) is 50.9 Å². The van der Waals surface area contributed by atoms with Gasteiger partial charge in [-0.2, -0.15) is 0 Å². The molecule has 146 valence electrons. The van der Waals surface area contributed by atoms with Crippen LogP contribution in [0.3, 0.4) is 0 Å². The summed E-state index contributed by atoms with van der Waals surface area (Å²) in [4.78, 5) is 0. The molecule has 3 aliphatic rings. The van der Waals surface area contributed by atoms with Crippen LogP contribution in [0.2, 0.25) is 0 Å². The summed E-state index contributed by atoms with van der Waals surface area (Å²) in [6.45, 7) is 4.68. The minimum atomic E-state index is 0.0509. The Bertz CT molecular complexity index is 1080. The lowest BCUT2D eigenvalue weighted by Crippen LogP contribution is -2.14. The highest BCUT2D eigenvalue weighted by Gasteiger charge is 2.40. The highest BCUT2D eigenvalue weighted by Crippen LogP contribution is 2.53. The first-order valence-electron chi connectivity index (χ1n) is 11.2. The van der Waals surface area contributed by atoms with Gasteiger partial charge in [-0.3, -0.25) is 0 Å². The molecule has 0 saturated heterocycles. The Morgan fingerprint density at radius 2 is 1.59 bits per heavy atom. The molecule has 6 rings (SSSR count). The van der Waals surface area contributed by atoms with Crippen molar-refractivity contribution in [3.8, 4) is 11.1 Å². The summed E-state index contributed by atoms with van der Waals surface area (Å²) in [6.07, 6.45) is 5.80. The Kier molecular flexibility index (Phi) is 3.72. The molecule has 29 heavy (non-hydrogen) atoms. The number of anilines is 2. The van der Waals surface area contributed by atoms with Crippen LogP contribution in [0.25, 0.3) is 11.1 Å². The van der Waals surface area contributed by atoms with Gasteiger partial charge in [-0.05, 0) is 77.5 Å². The number of hydrogen-bond donors (Lipinski definition) is 1. The molecule has 3 atom stereocenters. The minimum Gasteiger partial charge on any atom is -0.355 e. The number of nitrogens with one attached hydrogen (secondary N) is 1. The second-order valence-electron chi connectivity index (χ2n) is 9.93. The second kappa shape index (κ2) is 6.23. The Labute approximate surface area is 174 Å². The zero-order chi connectivity index (χ0) is 19.6. The molecule has 3 aromatic carbocycles. The van der Waals surface area contributed by atoms with E-state index in [1.165, 1.54) is 59.3 Å². The van der Waals surface area contributed by atoms with E-state index in [-0.39, 0.29) is 5.41 Å². The lowest BCUT2D eigenvalue weighted by atomic mass is 9.82. The van der Waals surface area contributed by atoms with Gasteiger partial charge < -0.3 is 5.32 Å². The number of benzene rings is 3. The van der Waals surface area contributed by atoms with E-state index in [9.17, 15) is 0 Å². The molecule has 2 saturated carbocycles. The zero-order valence-corrected chi connectivity index (χ0v) is 17.4. The molecule has 0 amide bonds. The Balaban J connectivity index is 1.33. The fraction of sp³-hybridized carbons (Fsp3) is 0.357. The molecule has 3 aliphatic carbocycles. The first-order chi connectivity index (χ1) is 14.1. The maximum absolute atomic E-state index is 3.73. The fourth-order valence-electron chi connectivity index (χ4n) is 6.48. The third-order valence-corrected chi connectivity index (χ3v) is 7.96. The van der Waals surface area contributed by atoms with Gasteiger partial charge in [-0.25, -0.2) is 0 Å². The van der Waals surface area contributed by atoms with Crippen LogP contribution < -0.4 is 5.32 Å². The largest absolute Gasteiger partial charge is 0.355 e. The molecule has 0 aliphatic heterocycles. The fourth-order valence-corrected chi connectivity index (χ4v) is 6.48. The maximum Gasteiger partial charge on any atom is 0.0467 e. The molecule has 1 nitrogen and oxygen atoms in total. The van der Waals surface area contributed by atoms with Crippen LogP contribution in [0.15, 0.2) is 66.7 Å². The molecule has 0 radical (unpaired) electrons. The molecule has 0 heterocycles. The summed E-state index contributed by atoms with van der Waals surface area (Å²) in [6, 6.07) is 24.9. The van der Waals surface area contributed by atoms with Crippen LogP contribution in [0.4, 0.5) is 11.4 Å². The van der Waals surface area contributed by atoms with E-state index in [1.54, 1.807) is 5.56 Å². The summed E-state index contributed by atoms with van der Waals surface area (Å²) in [5, 5.41) is 3.73. The standard InChI is InChI=1S/C28H29N/c1-28(2)24-7-4-3-6-22(24)27-25(28)8-5-9-26(27)29-21-14-12-19(13-15-21)23-17-18-10-11-20(23)16-18/h3-9,12-15,18,20,23,29H,10-11,16-17H2,1-2H3. The summed E-state index contributed by atoms with van der Waals surface area (Å²) in [7, 11) is 0. The normalized spacial score (nSPS) is 25.7. The van der Waals surface area contributed by atoms with E-state index in [0.717, 1.165) is 17.8 Å². The van der Waals surface area contributed by atoms with Crippen LogP contribution in [0.1, 0.15) is 62.1 Å². The first-order valence-corrected chi connectivity index (χ1v) is 11.2. The molecule has 1 heteroatoms. The molecule has 3 unspecified atom stereocenters. The predicted molar refractivity (Wildman–Crippen MR) is 122 cm³/mol. The van der Waals surface area contributed by atoms with E-state index in [4.69, 9.17) is 0 Å². The van der Waals surface area contributed by atoms with E-state index >= 15 is 0 Å². The van der Waals surface area contributed by atoms with Gasteiger partial charge in [0.25, 0.3) is 0 Å². The van der Waals surface area contributed by atoms with E-state index in [2.05, 4.69) is 85.9 Å². The van der Waals surface area contributed by atoms with Gasteiger partial charge in [0, 0.05) is 22.4 Å². The molecule has 3 aromatic rings. The summed E-state index contributed by atoms with van der Waals surface area (Å²) >= 11 is 0. The maximum atomic E-state index is 3.73. The lowest BCUT2D eigenvalue weighted by molar-refractivity contribution is 0.420. The molecule has 0 aromatic heterocycles. The minimum absolute atomic E-state index is 0.0509. The summed E-state index contributed by atoms with van der Waals surface area (Å²) in [5.41, 5.74) is 9.58. The van der Waals surface area contributed by atoms with Crippen LogP contribution >= 0.6 is 0 Å². The van der Waals surface area contributed by atoms with Crippen LogP contribution in [0, 0.1) is 11.8 Å². The third kappa shape index (κ3) is 2.60. The van der Waals surface area contributed by atoms with Crippen molar-refractivity contribution < 1.29 is 0 Å². The number of fused-ring (bicyclic) bond motifs is 5. The highest BCUT2D eigenvalue weighted by atomic mass is 14.9. The average molecular weight is 380 g/mol. The van der Waals surface area contributed by atoms with Crippen molar-refractivity contribution in [3.05, 3.63) is 83.4 Å². The third-order valence-electron chi connectivity index (χ3n) is 7.96. The topological polar surface area (TPSA) is 12.0 Å². The molecule has 2 bridgehead atoms. The van der Waals surface area contributed by atoms with E-state index < -0.39 is 0 Å². The number of hydrogen-bond acceptors (Lipinski definition) is 1. The molecular formula is C28H29N. The lowest BCUT2D eigenvalue weighted by Gasteiger charge is -2.22. The van der Waals surface area contributed by atoms with E-state index in [1.807, 2.05) is 0 Å². The van der Waals surface area contributed by atoms with Crippen molar-refractivity contribution in [3.63, 3.8) is 0 Å².